The first kappa shape index (κ1) is 89.4. The fraction of sp³-hybridized carbons (Fsp3) is 0.449. The lowest BCUT2D eigenvalue weighted by atomic mass is 10.0. The van der Waals surface area contributed by atoms with Crippen LogP contribution in [0.25, 0.3) is 0 Å². The van der Waals surface area contributed by atoms with Crippen LogP contribution >= 0.6 is 50.5 Å². The molecule has 0 radical (unpaired) electrons. The van der Waals surface area contributed by atoms with E-state index in [4.69, 9.17) is 5.73 Å². The van der Waals surface area contributed by atoms with Crippen molar-refractivity contribution in [3.05, 3.63) is 119 Å². The molecule has 0 aliphatic carbocycles. The third kappa shape index (κ3) is 30.0. The number of carbonyl (C=O) groups is 14. The van der Waals surface area contributed by atoms with E-state index in [1.807, 2.05) is 0 Å². The molecule has 0 aliphatic rings. The number of phenols is 4. The maximum absolute atomic E-state index is 14.3. The van der Waals surface area contributed by atoms with Crippen molar-refractivity contribution in [2.24, 2.45) is 17.6 Å². The lowest BCUT2D eigenvalue weighted by Gasteiger charge is -2.29. The molecule has 0 aromatic heterocycles. The Bertz CT molecular complexity index is 3730. The van der Waals surface area contributed by atoms with Gasteiger partial charge in [-0.25, -0.2) is 4.79 Å². The summed E-state index contributed by atoms with van der Waals surface area (Å²) in [6.45, 7) is 6.41. The Kier molecular flexibility index (Phi) is 36.9. The van der Waals surface area contributed by atoms with E-state index in [2.05, 4.69) is 114 Å². The summed E-state index contributed by atoms with van der Waals surface area (Å²) >= 11 is 16.6. The van der Waals surface area contributed by atoms with Crippen molar-refractivity contribution in [3.63, 3.8) is 0 Å². The molecule has 0 unspecified atom stereocenters. The number of aliphatic hydroxyl groups excluding tert-OH is 1. The van der Waals surface area contributed by atoms with Gasteiger partial charge in [0.15, 0.2) is 0 Å². The first-order valence-electron chi connectivity index (χ1n) is 33.5. The van der Waals surface area contributed by atoms with Gasteiger partial charge in [0.05, 0.1) is 18.7 Å². The number of carboxylic acid groups (broad SMARTS) is 2. The normalized spacial score (nSPS) is 14.8. The number of nitrogens with one attached hydrogen (secondary N) is 12. The van der Waals surface area contributed by atoms with E-state index in [-0.39, 0.29) is 60.2 Å². The molecule has 4 aromatic carbocycles. The number of aliphatic carboxylic acids is 2. The molecule has 21 N–H and O–H groups in total. The maximum Gasteiger partial charge on any atom is 0.327 e. The van der Waals surface area contributed by atoms with Gasteiger partial charge in [-0.1, -0.05) is 76.2 Å². The fourth-order valence-corrected chi connectivity index (χ4v) is 11.1. The Morgan fingerprint density at radius 3 is 0.953 bits per heavy atom. The highest BCUT2D eigenvalue weighted by atomic mass is 32.1. The van der Waals surface area contributed by atoms with Gasteiger partial charge < -0.3 is 105 Å². The van der Waals surface area contributed by atoms with Crippen molar-refractivity contribution in [3.8, 4) is 23.0 Å². The number of thiol groups is 4. The number of hydrogen-bond acceptors (Lipinski definition) is 24. The zero-order chi connectivity index (χ0) is 79.9. The number of nitrogens with two attached hydrogens (primary N) is 1. The van der Waals surface area contributed by atoms with Crippen molar-refractivity contribution < 1.29 is 103 Å². The van der Waals surface area contributed by atoms with Crippen LogP contribution in [0.5, 0.6) is 23.0 Å². The second-order valence-electron chi connectivity index (χ2n) is 25.5. The molecule has 34 nitrogen and oxygen atoms in total. The van der Waals surface area contributed by atoms with E-state index in [9.17, 15) is 103 Å². The molecule has 13 atom stereocenters. The summed E-state index contributed by atoms with van der Waals surface area (Å²) in [6, 6.07) is 3.49. The lowest BCUT2D eigenvalue weighted by Crippen LogP contribution is -2.62. The third-order valence-electron chi connectivity index (χ3n) is 16.3. The molecule has 0 saturated carbocycles. The fourth-order valence-electron chi connectivity index (χ4n) is 10.2. The van der Waals surface area contributed by atoms with Crippen LogP contribution in [0.4, 0.5) is 0 Å². The molecule has 4 aromatic rings. The number of carbonyl (C=O) groups excluding carboxylic acids is 12. The van der Waals surface area contributed by atoms with E-state index >= 15 is 0 Å². The van der Waals surface area contributed by atoms with Crippen LogP contribution in [0.1, 0.15) is 69.7 Å². The molecular weight excluding hydrogens is 1480 g/mol. The summed E-state index contributed by atoms with van der Waals surface area (Å²) in [5.41, 5.74) is 7.28. The molecule has 4 rings (SSSR count). The molecule has 0 heterocycles. The minimum atomic E-state index is -1.75. The van der Waals surface area contributed by atoms with Crippen molar-refractivity contribution >= 4 is 133 Å². The Balaban J connectivity index is 1.54. The number of amides is 12. The van der Waals surface area contributed by atoms with Gasteiger partial charge in [-0.05, 0) is 96.0 Å². The molecule has 0 aliphatic heterocycles. The summed E-state index contributed by atoms with van der Waals surface area (Å²) in [4.78, 5) is 191. The first-order valence-corrected chi connectivity index (χ1v) is 36.0. The van der Waals surface area contributed by atoms with Crippen LogP contribution in [0.3, 0.4) is 0 Å². The Morgan fingerprint density at radius 1 is 0.346 bits per heavy atom. The summed E-state index contributed by atoms with van der Waals surface area (Å²) < 4.78 is 0. The minimum Gasteiger partial charge on any atom is -0.508 e. The van der Waals surface area contributed by atoms with Gasteiger partial charge in [-0.3, -0.25) is 62.3 Å². The summed E-state index contributed by atoms with van der Waals surface area (Å²) in [6.07, 6.45) is -4.13. The number of phenolic OH excluding ortho intramolecular Hbond substituents is 4. The van der Waals surface area contributed by atoms with E-state index < -0.39 is 204 Å². The van der Waals surface area contributed by atoms with Gasteiger partial charge >= 0.3 is 11.9 Å². The predicted molar refractivity (Wildman–Crippen MR) is 401 cm³/mol. The summed E-state index contributed by atoms with van der Waals surface area (Å²) in [5, 5.41) is 99.4. The highest BCUT2D eigenvalue weighted by molar-refractivity contribution is 7.80. The van der Waals surface area contributed by atoms with Gasteiger partial charge in [0.1, 0.15) is 89.5 Å². The molecule has 12 amide bonds. The van der Waals surface area contributed by atoms with Crippen LogP contribution < -0.4 is 69.5 Å². The maximum atomic E-state index is 14.3. The van der Waals surface area contributed by atoms with Gasteiger partial charge in [-0.2, -0.15) is 50.5 Å². The van der Waals surface area contributed by atoms with Crippen molar-refractivity contribution in [1.29, 1.82) is 0 Å². The number of aromatic hydroxyl groups is 4. The predicted octanol–water partition coefficient (Wildman–Crippen LogP) is -3.08. The Labute approximate surface area is 637 Å². The van der Waals surface area contributed by atoms with E-state index in [1.165, 1.54) is 118 Å². The van der Waals surface area contributed by atoms with Crippen molar-refractivity contribution in [1.82, 2.24) is 63.8 Å². The first-order chi connectivity index (χ1) is 50.5. The topological polar surface area (TPSA) is 551 Å². The zero-order valence-electron chi connectivity index (χ0n) is 58.9. The van der Waals surface area contributed by atoms with Gasteiger partial charge in [0.25, 0.3) is 0 Å². The standard InChI is InChI=1S/C69H93N13O21S4/c1-33(2)55(66(99)78-51(31-106)65(98)75-47(25-37-8-16-41(85)17-9-37)61(94)74-48(26-38-10-18-42(86)19-11-38)63(96)79-52(32-107)69(102)103)81-60(93)45(22-23-54(89)90)72-53(88)28-71-59(92)46(24-36-6-14-40(84)15-7-36)73-64(97)50(30-105)77-62(95)49(27-39-12-20-43(87)21-13-39)76-68(101)57(35(5)83)82-67(100)56(34(3)4)80-58(91)44(70)29-104/h6-21,33-35,44-52,55-57,83-87,104-107H,22-32,70H2,1-5H3,(H,71,92)(H,72,88)(H,73,97)(H,74,94)(H,75,98)(H,76,101)(H,77,95)(H,78,99)(H,79,96)(H,80,91)(H,81,93)(H,82,100)(H,89,90)(H,102,103)/t35-,44+,45+,46+,47+,48+,49+,50+,51+,52+,55+,56+,57+/m1/s1. The molecule has 38 heteroatoms. The summed E-state index contributed by atoms with van der Waals surface area (Å²) in [5.74, 6) is -18.1. The number of hydrogen-bond donors (Lipinski definition) is 24. The van der Waals surface area contributed by atoms with Gasteiger partial charge in [0, 0.05) is 55.1 Å². The minimum absolute atomic E-state index is 0.0622. The van der Waals surface area contributed by atoms with Crippen LogP contribution in [0.2, 0.25) is 0 Å². The molecular formula is C69H93N13O21S4. The quantitative estimate of drug-likeness (QED) is 0.0195. The molecule has 0 spiro atoms. The molecule has 0 fully saturated rings. The molecule has 0 bridgehead atoms. The highest BCUT2D eigenvalue weighted by Gasteiger charge is 2.38. The summed E-state index contributed by atoms with van der Waals surface area (Å²) in [7, 11) is 0. The lowest BCUT2D eigenvalue weighted by molar-refractivity contribution is -0.141. The SMILES string of the molecule is CC(C)[C@H](NC(=O)[C@H](CCC(=O)O)NC(=O)CNC(=O)[C@H](Cc1ccc(O)cc1)NC(=O)[C@H](CS)NC(=O)[C@H](Cc1ccc(O)cc1)NC(=O)[C@@H](NC(=O)[C@@H](NC(=O)[C@@H](N)CS)C(C)C)[C@@H](C)O)C(=O)N[C@@H](CS)C(=O)N[C@@H](Cc1ccc(O)cc1)C(=O)N[C@@H](Cc1ccc(O)cc1)C(=O)N[C@@H](CS)C(=O)O. The molecule has 0 saturated heterocycles. The van der Waals surface area contributed by atoms with Crippen molar-refractivity contribution in [2.45, 2.75) is 152 Å². The second-order valence-corrected chi connectivity index (χ2v) is 27.0. The van der Waals surface area contributed by atoms with Gasteiger partial charge in [-0.15, -0.1) is 0 Å². The number of rotatable bonds is 43. The molecule has 584 valence electrons. The number of benzene rings is 4. The third-order valence-corrected chi connectivity index (χ3v) is 17.8. The van der Waals surface area contributed by atoms with Crippen LogP contribution in [0.15, 0.2) is 97.1 Å². The zero-order valence-corrected chi connectivity index (χ0v) is 62.5. The van der Waals surface area contributed by atoms with Crippen molar-refractivity contribution in [2.75, 3.05) is 29.6 Å². The Hall–Kier alpha value is -10.0. The molecule has 107 heavy (non-hydrogen) atoms. The largest absolute Gasteiger partial charge is 0.508 e. The average Bonchev–Trinajstić information content (AvgIpc) is 0.851. The Morgan fingerprint density at radius 2 is 0.626 bits per heavy atom. The second kappa shape index (κ2) is 44.2. The highest BCUT2D eigenvalue weighted by Crippen LogP contribution is 2.18. The van der Waals surface area contributed by atoms with Crippen LogP contribution in [-0.4, -0.2) is 227 Å². The number of aliphatic hydroxyl groups is 1. The smallest absolute Gasteiger partial charge is 0.327 e. The number of carboxylic acids is 2. The average molecular weight is 1570 g/mol. The van der Waals surface area contributed by atoms with Crippen LogP contribution in [-0.2, 0) is 92.8 Å². The van der Waals surface area contributed by atoms with E-state index in [0.29, 0.717) is 22.3 Å². The van der Waals surface area contributed by atoms with E-state index in [0.717, 1.165) is 0 Å². The van der Waals surface area contributed by atoms with Gasteiger partial charge in [0.2, 0.25) is 70.9 Å². The monoisotopic (exact) mass is 1570 g/mol. The van der Waals surface area contributed by atoms with Crippen LogP contribution in [0, 0.1) is 11.8 Å². The van der Waals surface area contributed by atoms with E-state index in [1.54, 1.807) is 13.8 Å².